The second-order valence-electron chi connectivity index (χ2n) is 6.40. The Kier molecular flexibility index (Phi) is 3.67. The zero-order chi connectivity index (χ0) is 17.6. The highest BCUT2D eigenvalue weighted by Gasteiger charge is 2.53. The molecule has 4 atom stereocenters. The number of rotatable bonds is 3. The molecule has 2 aliphatic carbocycles. The molecule has 1 heterocycles. The van der Waals surface area contributed by atoms with E-state index in [1.54, 1.807) is 18.2 Å². The van der Waals surface area contributed by atoms with Crippen molar-refractivity contribution in [1.82, 2.24) is 0 Å². The van der Waals surface area contributed by atoms with Gasteiger partial charge in [0.25, 0.3) is 0 Å². The van der Waals surface area contributed by atoms with Gasteiger partial charge in [0.15, 0.2) is 0 Å². The summed E-state index contributed by atoms with van der Waals surface area (Å²) in [5, 5.41) is 0.731. The molecule has 6 heteroatoms. The molecule has 0 N–H and O–H groups in total. The zero-order valence-electron chi connectivity index (χ0n) is 13.5. The van der Waals surface area contributed by atoms with Crippen molar-refractivity contribution in [2.75, 3.05) is 7.11 Å². The van der Waals surface area contributed by atoms with Crippen LogP contribution in [0.3, 0.4) is 0 Å². The minimum atomic E-state index is -0.555. The third kappa shape index (κ3) is 2.63. The van der Waals surface area contributed by atoms with Crippen LogP contribution >= 0.6 is 0 Å². The van der Waals surface area contributed by atoms with E-state index in [4.69, 9.17) is 13.9 Å². The topological polar surface area (TPSA) is 82.8 Å². The second-order valence-corrected chi connectivity index (χ2v) is 6.40. The number of hydrogen-bond acceptors (Lipinski definition) is 6. The van der Waals surface area contributed by atoms with E-state index in [0.29, 0.717) is 5.58 Å². The summed E-state index contributed by atoms with van der Waals surface area (Å²) < 4.78 is 15.4. The summed E-state index contributed by atoms with van der Waals surface area (Å²) in [4.78, 5) is 36.1. The number of ether oxygens (including phenoxy) is 2. The van der Waals surface area contributed by atoms with Crippen LogP contribution in [0.25, 0.3) is 11.0 Å². The van der Waals surface area contributed by atoms with Gasteiger partial charge in [0, 0.05) is 17.5 Å². The van der Waals surface area contributed by atoms with Crippen LogP contribution in [0.5, 0.6) is 5.75 Å². The Labute approximate surface area is 143 Å². The van der Waals surface area contributed by atoms with Crippen molar-refractivity contribution in [3.05, 3.63) is 52.9 Å². The summed E-state index contributed by atoms with van der Waals surface area (Å²) >= 11 is 0. The molecule has 0 amide bonds. The maximum absolute atomic E-state index is 12.7. The molecule has 4 unspecified atom stereocenters. The van der Waals surface area contributed by atoms with Crippen LogP contribution in [-0.4, -0.2) is 19.0 Å². The Morgan fingerprint density at radius 3 is 2.44 bits per heavy atom. The first-order valence-corrected chi connectivity index (χ1v) is 8.08. The molecule has 25 heavy (non-hydrogen) atoms. The SMILES string of the molecule is COC(=O)C1C2C=CC(C2)C1C(=O)Oc1ccc2ccc(=O)oc2c1. The normalized spacial score (nSPS) is 26.8. The number of hydrogen-bond donors (Lipinski definition) is 0. The molecule has 1 fully saturated rings. The predicted molar refractivity (Wildman–Crippen MR) is 87.9 cm³/mol. The molecule has 2 bridgehead atoms. The summed E-state index contributed by atoms with van der Waals surface area (Å²) in [5.74, 6) is -1.63. The largest absolute Gasteiger partial charge is 0.469 e. The molecule has 1 aromatic carbocycles. The van der Waals surface area contributed by atoms with E-state index in [1.165, 1.54) is 19.2 Å². The molecule has 0 radical (unpaired) electrons. The van der Waals surface area contributed by atoms with Gasteiger partial charge in [-0.1, -0.05) is 12.2 Å². The van der Waals surface area contributed by atoms with Gasteiger partial charge >= 0.3 is 17.6 Å². The van der Waals surface area contributed by atoms with E-state index in [9.17, 15) is 14.4 Å². The van der Waals surface area contributed by atoms with Crippen molar-refractivity contribution >= 4 is 22.9 Å². The van der Waals surface area contributed by atoms with Gasteiger partial charge in [-0.05, 0) is 36.5 Å². The van der Waals surface area contributed by atoms with E-state index >= 15 is 0 Å². The molecule has 128 valence electrons. The summed E-state index contributed by atoms with van der Waals surface area (Å²) in [6.07, 6.45) is 4.70. The Morgan fingerprint density at radius 2 is 1.72 bits per heavy atom. The van der Waals surface area contributed by atoms with Crippen molar-refractivity contribution in [3.8, 4) is 5.75 Å². The average Bonchev–Trinajstić information content (AvgIpc) is 3.22. The fourth-order valence-electron chi connectivity index (χ4n) is 3.89. The van der Waals surface area contributed by atoms with Crippen molar-refractivity contribution in [2.24, 2.45) is 23.7 Å². The van der Waals surface area contributed by atoms with Gasteiger partial charge < -0.3 is 13.9 Å². The molecule has 0 aliphatic heterocycles. The number of allylic oxidation sites excluding steroid dienone is 2. The highest BCUT2D eigenvalue weighted by atomic mass is 16.5. The second kappa shape index (κ2) is 5.88. The van der Waals surface area contributed by atoms with E-state index in [1.807, 2.05) is 12.2 Å². The molecule has 2 aromatic rings. The van der Waals surface area contributed by atoms with Crippen molar-refractivity contribution in [3.63, 3.8) is 0 Å². The molecular formula is C19H16O6. The molecule has 1 aromatic heterocycles. The molecule has 4 rings (SSSR count). The lowest BCUT2D eigenvalue weighted by Gasteiger charge is -2.24. The fraction of sp³-hybridized carbons (Fsp3) is 0.316. The van der Waals surface area contributed by atoms with E-state index in [2.05, 4.69) is 0 Å². The van der Waals surface area contributed by atoms with Crippen LogP contribution < -0.4 is 10.4 Å². The van der Waals surface area contributed by atoms with Gasteiger partial charge in [0.05, 0.1) is 18.9 Å². The van der Waals surface area contributed by atoms with Gasteiger partial charge in [-0.2, -0.15) is 0 Å². The standard InChI is InChI=1S/C19H16O6/c1-23-18(21)16-11-2-3-12(8-11)17(16)19(22)24-13-6-4-10-5-7-15(20)25-14(10)9-13/h2-7,9,11-12,16-17H,8H2,1H3. The average molecular weight is 340 g/mol. The maximum Gasteiger partial charge on any atom is 0.336 e. The summed E-state index contributed by atoms with van der Waals surface area (Å²) in [7, 11) is 1.33. The van der Waals surface area contributed by atoms with E-state index < -0.39 is 23.4 Å². The quantitative estimate of drug-likeness (QED) is 0.369. The molecular weight excluding hydrogens is 324 g/mol. The van der Waals surface area contributed by atoms with Crippen molar-refractivity contribution < 1.29 is 23.5 Å². The fourth-order valence-corrected chi connectivity index (χ4v) is 3.89. The Morgan fingerprint density at radius 1 is 1.04 bits per heavy atom. The lowest BCUT2D eigenvalue weighted by atomic mass is 9.83. The van der Waals surface area contributed by atoms with Gasteiger partial charge in [-0.3, -0.25) is 9.59 Å². The number of methoxy groups -OCH3 is 1. The number of carbonyl (C=O) groups excluding carboxylic acids is 2. The van der Waals surface area contributed by atoms with E-state index in [0.717, 1.165) is 11.8 Å². The third-order valence-electron chi connectivity index (χ3n) is 5.02. The van der Waals surface area contributed by atoms with Gasteiger partial charge in [-0.15, -0.1) is 0 Å². The lowest BCUT2D eigenvalue weighted by molar-refractivity contribution is -0.155. The first kappa shape index (κ1) is 15.6. The highest BCUT2D eigenvalue weighted by Crippen LogP contribution is 2.49. The summed E-state index contributed by atoms with van der Waals surface area (Å²) in [6.45, 7) is 0. The van der Waals surface area contributed by atoms with Crippen LogP contribution in [0.4, 0.5) is 0 Å². The summed E-state index contributed by atoms with van der Waals surface area (Å²) in [6, 6.07) is 7.82. The van der Waals surface area contributed by atoms with Crippen molar-refractivity contribution in [1.29, 1.82) is 0 Å². The monoisotopic (exact) mass is 340 g/mol. The van der Waals surface area contributed by atoms with Crippen LogP contribution in [-0.2, 0) is 14.3 Å². The molecule has 0 spiro atoms. The minimum Gasteiger partial charge on any atom is -0.469 e. The molecule has 6 nitrogen and oxygen atoms in total. The van der Waals surface area contributed by atoms with E-state index in [-0.39, 0.29) is 23.6 Å². The highest BCUT2D eigenvalue weighted by molar-refractivity contribution is 5.86. The maximum atomic E-state index is 12.7. The first-order chi connectivity index (χ1) is 12.1. The first-order valence-electron chi connectivity index (χ1n) is 8.08. The van der Waals surface area contributed by atoms with Crippen molar-refractivity contribution in [2.45, 2.75) is 6.42 Å². The van der Waals surface area contributed by atoms with Crippen LogP contribution in [0, 0.1) is 23.7 Å². The number of fused-ring (bicyclic) bond motifs is 3. The smallest absolute Gasteiger partial charge is 0.336 e. The van der Waals surface area contributed by atoms with Gasteiger partial charge in [0.1, 0.15) is 11.3 Å². The number of carbonyl (C=O) groups is 2. The Bertz CT molecular complexity index is 940. The molecule has 0 saturated heterocycles. The third-order valence-corrected chi connectivity index (χ3v) is 5.02. The van der Waals surface area contributed by atoms with Gasteiger partial charge in [0.2, 0.25) is 0 Å². The van der Waals surface area contributed by atoms with Crippen LogP contribution in [0.15, 0.2) is 51.7 Å². The van der Waals surface area contributed by atoms with Gasteiger partial charge in [-0.25, -0.2) is 4.79 Å². The Balaban J connectivity index is 1.60. The predicted octanol–water partition coefficient (Wildman–Crippen LogP) is 2.31. The summed E-state index contributed by atoms with van der Waals surface area (Å²) in [5.41, 5.74) is -0.130. The number of benzene rings is 1. The zero-order valence-corrected chi connectivity index (χ0v) is 13.5. The van der Waals surface area contributed by atoms with Crippen LogP contribution in [0.2, 0.25) is 0 Å². The Hall–Kier alpha value is -2.89. The van der Waals surface area contributed by atoms with Crippen LogP contribution in [0.1, 0.15) is 6.42 Å². The minimum absolute atomic E-state index is 0.0139. The molecule has 1 saturated carbocycles. The number of esters is 2. The molecule has 2 aliphatic rings. The lowest BCUT2D eigenvalue weighted by Crippen LogP contribution is -2.36.